The predicted molar refractivity (Wildman–Crippen MR) is 474 cm³/mol. The molecule has 12 N–H and O–H groups in total. The molecule has 0 bridgehead atoms. The number of nitrogens with one attached hydrogen (secondary N) is 4. The van der Waals surface area contributed by atoms with Gasteiger partial charge in [0.2, 0.25) is 0 Å². The van der Waals surface area contributed by atoms with Gasteiger partial charge in [0.15, 0.2) is 11.5 Å². The lowest BCUT2D eigenvalue weighted by Gasteiger charge is -2.23. The number of nitrogens with two attached hydrogens (primary N) is 4. The smallest absolute Gasteiger partial charge is 0.324 e. The number of ether oxygens (including phenoxy) is 5. The number of anilines is 8. The lowest BCUT2D eigenvalue weighted by atomic mass is 10.1. The van der Waals surface area contributed by atoms with Gasteiger partial charge in [0.1, 0.15) is 52.2 Å². The van der Waals surface area contributed by atoms with Gasteiger partial charge in [-0.25, -0.2) is 14.4 Å². The molecule has 124 heavy (non-hydrogen) atoms. The number of nitrogens with zero attached hydrogens (tertiary/aromatic N) is 16. The summed E-state index contributed by atoms with van der Waals surface area (Å²) in [6, 6.07) is 47.1. The van der Waals surface area contributed by atoms with Crippen LogP contribution in [0.4, 0.5) is 50.4 Å². The van der Waals surface area contributed by atoms with Crippen LogP contribution in [-0.4, -0.2) is 172 Å². The van der Waals surface area contributed by atoms with E-state index in [1.54, 1.807) is 44.0 Å². The van der Waals surface area contributed by atoms with E-state index in [9.17, 15) is 4.39 Å². The molecule has 8 unspecified atom stereocenters. The lowest BCUT2D eigenvalue weighted by molar-refractivity contribution is 0.404. The second-order valence-corrected chi connectivity index (χ2v) is 34.1. The molecule has 8 fully saturated rings. The zero-order valence-electron chi connectivity index (χ0n) is 69.4. The Morgan fingerprint density at radius 2 is 0.661 bits per heavy atom. The van der Waals surface area contributed by atoms with Gasteiger partial charge < -0.3 is 87.5 Å². The average molecular weight is 1660 g/mol. The Balaban J connectivity index is 0.0000000984. The van der Waals surface area contributed by atoms with E-state index in [0.29, 0.717) is 125 Å². The molecule has 0 radical (unpaired) electrons. The number of hydrogen-bond acceptors (Lipinski definition) is 29. The Morgan fingerprint density at radius 1 is 0.339 bits per heavy atom. The van der Waals surface area contributed by atoms with Crippen LogP contribution in [0.5, 0.6) is 52.8 Å². The van der Waals surface area contributed by atoms with Crippen molar-refractivity contribution in [3.63, 3.8) is 0 Å². The molecule has 30 heteroatoms. The fourth-order valence-electron chi connectivity index (χ4n) is 20.3. The Hall–Kier alpha value is -13.6. The maximum Gasteiger partial charge on any atom is 0.324 e. The van der Waals surface area contributed by atoms with Crippen molar-refractivity contribution < 1.29 is 28.1 Å². The van der Waals surface area contributed by atoms with Gasteiger partial charge in [-0.05, 0) is 159 Å². The fraction of sp³-hybridized carbons (Fsp3) is 0.319. The van der Waals surface area contributed by atoms with Crippen LogP contribution in [-0.2, 0) is 25.7 Å². The lowest BCUT2D eigenvalue weighted by Crippen LogP contribution is -2.29. The highest BCUT2D eigenvalue weighted by molar-refractivity contribution is 5.92. The molecule has 29 nitrogen and oxygen atoms in total. The summed E-state index contributed by atoms with van der Waals surface area (Å²) < 4.78 is 43.0. The van der Waals surface area contributed by atoms with Crippen molar-refractivity contribution in [3.05, 3.63) is 221 Å². The first-order valence-electron chi connectivity index (χ1n) is 42.6. The summed E-state index contributed by atoms with van der Waals surface area (Å²) >= 11 is 0. The van der Waals surface area contributed by atoms with Gasteiger partial charge in [0.25, 0.3) is 0 Å². The number of halogens is 1. The SMILES string of the molecule is CNc1cccc2c1Cc1nc(Oc3cccc(F)c3)nc(N3CC4C(N)C4C3)c1-2.CNc1cccc2c1Cc1nc(Oc3cccc(OC)c3)nc(N3CC4C(N)C4C3)c1-2.CNc1cccc2c1Cc1nc(Oc3cnc(C)nc3)nc(N3CC4C(N)C4C3)c1-2.CNc1cccc2c1Cc1nc(Oc3cnc4cccnc4c3)nc(N3CC4C(N)C4C3)c1-2. The van der Waals surface area contributed by atoms with Crippen molar-refractivity contribution in [1.29, 1.82) is 0 Å². The minimum atomic E-state index is -0.353. The zero-order chi connectivity index (χ0) is 84.0. The number of fused-ring (bicyclic) bond motifs is 17. The molecule has 13 aromatic rings. The Labute approximate surface area is 715 Å². The van der Waals surface area contributed by atoms with Crippen molar-refractivity contribution in [3.8, 4) is 97.3 Å². The molecule has 0 amide bonds. The molecule has 12 aliphatic rings. The maximum absolute atomic E-state index is 13.6. The number of rotatable bonds is 17. The van der Waals surface area contributed by atoms with Gasteiger partial charge in [-0.2, -0.15) is 39.9 Å². The average Bonchev–Trinajstić information content (AvgIpc) is 1.58. The molecular weight excluding hydrogens is 1560 g/mol. The summed E-state index contributed by atoms with van der Waals surface area (Å²) in [5.41, 5.74) is 48.9. The quantitative estimate of drug-likeness (QED) is 0.0420. The first-order chi connectivity index (χ1) is 60.6. The number of aryl methyl sites for hydroxylation is 1. The maximum atomic E-state index is 13.6. The summed E-state index contributed by atoms with van der Waals surface area (Å²) in [5.74, 6) is 11.4. The first-order valence-corrected chi connectivity index (χ1v) is 42.6. The van der Waals surface area contributed by atoms with Crippen molar-refractivity contribution in [2.45, 2.75) is 56.8 Å². The Morgan fingerprint density at radius 3 is 1.02 bits per heavy atom. The van der Waals surface area contributed by atoms with E-state index >= 15 is 0 Å². The Bertz CT molecular complexity index is 6400. The Kier molecular flexibility index (Phi) is 18.8. The van der Waals surface area contributed by atoms with E-state index in [4.69, 9.17) is 86.5 Å². The van der Waals surface area contributed by atoms with Crippen molar-refractivity contribution in [2.24, 2.45) is 70.3 Å². The summed E-state index contributed by atoms with van der Waals surface area (Å²) in [4.78, 5) is 65.2. The van der Waals surface area contributed by atoms with Gasteiger partial charge in [0, 0.05) is 200 Å². The third-order valence-corrected chi connectivity index (χ3v) is 27.1. The normalized spacial score (nSPS) is 22.7. The van der Waals surface area contributed by atoms with E-state index in [-0.39, 0.29) is 11.8 Å². The van der Waals surface area contributed by atoms with Crippen LogP contribution in [0.2, 0.25) is 0 Å². The molecule has 6 aromatic carbocycles. The van der Waals surface area contributed by atoms with Crippen LogP contribution < -0.4 is 87.5 Å². The number of methoxy groups -OCH3 is 1. The predicted octanol–water partition coefficient (Wildman–Crippen LogP) is 12.3. The highest BCUT2D eigenvalue weighted by Crippen LogP contribution is 2.56. The number of aromatic nitrogens is 12. The molecule has 0 spiro atoms. The highest BCUT2D eigenvalue weighted by Gasteiger charge is 2.58. The molecule has 4 saturated heterocycles. The van der Waals surface area contributed by atoms with Gasteiger partial charge in [-0.1, -0.05) is 60.7 Å². The molecule has 8 aliphatic carbocycles. The summed E-state index contributed by atoms with van der Waals surface area (Å²) in [6.07, 6.45) is 9.69. The van der Waals surface area contributed by atoms with Crippen LogP contribution in [0.15, 0.2) is 164 Å². The second kappa shape index (κ2) is 30.5. The van der Waals surface area contributed by atoms with Gasteiger partial charge >= 0.3 is 24.0 Å². The van der Waals surface area contributed by atoms with Gasteiger partial charge in [-0.3, -0.25) is 9.97 Å². The summed E-state index contributed by atoms with van der Waals surface area (Å²) in [7, 11) is 9.43. The van der Waals surface area contributed by atoms with E-state index < -0.39 is 0 Å². The van der Waals surface area contributed by atoms with E-state index in [1.165, 1.54) is 51.1 Å². The molecule has 8 atom stereocenters. The van der Waals surface area contributed by atoms with Crippen LogP contribution >= 0.6 is 0 Å². The van der Waals surface area contributed by atoms with Gasteiger partial charge in [0.05, 0.1) is 59.5 Å². The number of pyridine rings is 2. The van der Waals surface area contributed by atoms with Crippen LogP contribution in [0.1, 0.15) is 50.9 Å². The van der Waals surface area contributed by atoms with Crippen LogP contribution in [0.25, 0.3) is 55.5 Å². The van der Waals surface area contributed by atoms with Gasteiger partial charge in [-0.15, -0.1) is 0 Å². The fourth-order valence-corrected chi connectivity index (χ4v) is 20.3. The molecular formula is C94H93FN24O5. The van der Waals surface area contributed by atoms with Crippen molar-refractivity contribution >= 4 is 57.1 Å². The zero-order valence-corrected chi connectivity index (χ0v) is 69.4. The van der Waals surface area contributed by atoms with E-state index in [0.717, 1.165) is 185 Å². The van der Waals surface area contributed by atoms with Crippen LogP contribution in [0.3, 0.4) is 0 Å². The van der Waals surface area contributed by atoms with Crippen LogP contribution in [0, 0.1) is 60.1 Å². The third kappa shape index (κ3) is 13.7. The minimum absolute atomic E-state index is 0.248. The second-order valence-electron chi connectivity index (χ2n) is 34.1. The monoisotopic (exact) mass is 1660 g/mol. The molecule has 25 rings (SSSR count). The third-order valence-electron chi connectivity index (χ3n) is 27.1. The number of hydrogen-bond donors (Lipinski definition) is 8. The summed E-state index contributed by atoms with van der Waals surface area (Å²) in [5, 5.41) is 13.2. The minimum Gasteiger partial charge on any atom is -0.497 e. The molecule has 4 saturated carbocycles. The molecule has 7 aromatic heterocycles. The molecule has 626 valence electrons. The first kappa shape index (κ1) is 76.6. The summed E-state index contributed by atoms with van der Waals surface area (Å²) in [6.45, 7) is 9.24. The van der Waals surface area contributed by atoms with E-state index in [1.807, 2.05) is 77.6 Å². The number of benzene rings is 6. The highest BCUT2D eigenvalue weighted by atomic mass is 19.1. The van der Waals surface area contributed by atoms with Crippen molar-refractivity contribution in [2.75, 3.05) is 129 Å². The molecule has 11 heterocycles. The topological polar surface area (TPSA) is 366 Å². The number of piperidine rings is 4. The van der Waals surface area contributed by atoms with Crippen molar-refractivity contribution in [1.82, 2.24) is 59.8 Å². The standard InChI is InChI=1S/C25H23N7O.C24H25N5O2.C23H22FN5O.C22H23N7O/c1-27-18-5-2-4-14-15(18)9-21-22(14)24(32-11-16-17(12-32)23(16)26)31-25(30-21)33-13-8-20-19(29-10-13)6-3-7-28-20;1-26-19-8-4-7-15-16(19)10-20-21(15)23(29-11-17-18(12-29)22(17)25)28-24(27-20)31-14-6-3-5-13(9-14)30-2;1-26-18-7-3-6-14-15(18)9-19-20(14)22(29-10-16-17(11-29)21(16)25)28-23(27-19)30-13-5-2-4-12(24)8-13;1-11-25-7-12(8-26-11)30-22-27-18-6-14-13(4-3-5-17(14)24-2)19(18)21(28-22)29-9-15-16(10-29)20(15)23/h2-8,10,16-17,23,27H,9,11-12,26H2,1H3;3-9,17-18,22,26H,10-12,25H2,1-2H3;2-8,16-17,21,26H,9-11,25H2,1H3;3-5,7-8,15-16,20,24H,6,9-10,23H2,1-2H3. The van der Waals surface area contributed by atoms with E-state index in [2.05, 4.69) is 134 Å². The largest absolute Gasteiger partial charge is 0.497 e. The molecule has 4 aliphatic heterocycles.